The summed E-state index contributed by atoms with van der Waals surface area (Å²) in [4.78, 5) is 23.8. The molecule has 1 amide bonds. The third-order valence-electron chi connectivity index (χ3n) is 5.93. The van der Waals surface area contributed by atoms with Crippen LogP contribution < -0.4 is 5.32 Å². The van der Waals surface area contributed by atoms with Crippen LogP contribution in [0.4, 0.5) is 0 Å². The van der Waals surface area contributed by atoms with Crippen molar-refractivity contribution in [3.63, 3.8) is 0 Å². The molecule has 2 aromatic rings. The van der Waals surface area contributed by atoms with Gasteiger partial charge in [0.1, 0.15) is 0 Å². The maximum absolute atomic E-state index is 12.8. The summed E-state index contributed by atoms with van der Waals surface area (Å²) in [6.45, 7) is 5.28. The second-order valence-corrected chi connectivity index (χ2v) is 7.84. The molecule has 0 radical (unpaired) electrons. The fraction of sp³-hybridized carbons (Fsp3) is 0.632. The number of aromatic nitrogens is 5. The van der Waals surface area contributed by atoms with Crippen LogP contribution in [0.3, 0.4) is 0 Å². The predicted octanol–water partition coefficient (Wildman–Crippen LogP) is 0.908. The third kappa shape index (κ3) is 3.89. The molecule has 2 aliphatic heterocycles. The number of nitrogens with zero attached hydrogens (tertiary/aromatic N) is 5. The highest BCUT2D eigenvalue weighted by molar-refractivity contribution is 5.97. The molecule has 0 aromatic carbocycles. The topological polar surface area (TPSA) is 124 Å². The quantitative estimate of drug-likeness (QED) is 0.736. The normalized spacial score (nSPS) is 18.3. The van der Waals surface area contributed by atoms with E-state index in [0.29, 0.717) is 32.5 Å². The molecule has 4 heterocycles. The summed E-state index contributed by atoms with van der Waals surface area (Å²) in [6.07, 6.45) is 5.49. The molecule has 2 aliphatic rings. The van der Waals surface area contributed by atoms with E-state index < -0.39 is 5.97 Å². The van der Waals surface area contributed by atoms with Gasteiger partial charge < -0.3 is 15.2 Å². The maximum atomic E-state index is 12.8. The van der Waals surface area contributed by atoms with Crippen molar-refractivity contribution >= 4 is 11.9 Å². The fourth-order valence-electron chi connectivity index (χ4n) is 4.25. The Kier molecular flexibility index (Phi) is 5.35. The minimum atomic E-state index is -1.09. The van der Waals surface area contributed by atoms with Gasteiger partial charge in [-0.15, -0.1) is 5.10 Å². The number of hydrogen-bond donors (Lipinski definition) is 2. The van der Waals surface area contributed by atoms with Crippen molar-refractivity contribution in [2.45, 2.75) is 52.1 Å². The number of rotatable bonds is 6. The van der Waals surface area contributed by atoms with Crippen LogP contribution >= 0.6 is 0 Å². The summed E-state index contributed by atoms with van der Waals surface area (Å²) in [5.41, 5.74) is 2.51. The summed E-state index contributed by atoms with van der Waals surface area (Å²) in [5, 5.41) is 24.3. The standard InChI is InChI=1S/C19H26N6O4/c1-2-13-16-15(10-19(12-20-17(16)26)4-8-29-9-5-19)25(22-13)7-3-6-24-11-14(18(27)28)21-23-24/h11H,2-10,12H2,1H3,(H,20,26)(H,27,28). The minimum absolute atomic E-state index is 0.0181. The smallest absolute Gasteiger partial charge is 0.358 e. The molecule has 1 spiro atoms. The van der Waals surface area contributed by atoms with Crippen LogP contribution in [0.15, 0.2) is 6.20 Å². The van der Waals surface area contributed by atoms with E-state index in [-0.39, 0.29) is 17.0 Å². The maximum Gasteiger partial charge on any atom is 0.358 e. The molecule has 10 nitrogen and oxygen atoms in total. The van der Waals surface area contributed by atoms with E-state index in [0.717, 1.165) is 49.4 Å². The molecule has 4 rings (SSSR count). The number of fused-ring (bicyclic) bond motifs is 1. The predicted molar refractivity (Wildman–Crippen MR) is 102 cm³/mol. The van der Waals surface area contributed by atoms with Crippen LogP contribution in [-0.2, 0) is 30.7 Å². The fourth-order valence-corrected chi connectivity index (χ4v) is 4.25. The number of carboxylic acid groups (broad SMARTS) is 1. The molecule has 0 saturated carbocycles. The lowest BCUT2D eigenvalue weighted by molar-refractivity contribution is 0.0152. The van der Waals surface area contributed by atoms with Gasteiger partial charge >= 0.3 is 5.97 Å². The Morgan fingerprint density at radius 1 is 1.34 bits per heavy atom. The van der Waals surface area contributed by atoms with Gasteiger partial charge in [0.25, 0.3) is 5.91 Å². The largest absolute Gasteiger partial charge is 0.476 e. The third-order valence-corrected chi connectivity index (χ3v) is 5.93. The summed E-state index contributed by atoms with van der Waals surface area (Å²) in [5.74, 6) is -1.12. The first kappa shape index (κ1) is 19.6. The Morgan fingerprint density at radius 3 is 2.83 bits per heavy atom. The lowest BCUT2D eigenvalue weighted by atomic mass is 9.76. The van der Waals surface area contributed by atoms with Crippen molar-refractivity contribution in [2.24, 2.45) is 5.41 Å². The van der Waals surface area contributed by atoms with E-state index >= 15 is 0 Å². The van der Waals surface area contributed by atoms with Gasteiger partial charge in [-0.3, -0.25) is 14.2 Å². The van der Waals surface area contributed by atoms with Crippen molar-refractivity contribution in [1.82, 2.24) is 30.1 Å². The first-order valence-corrected chi connectivity index (χ1v) is 10.1. The van der Waals surface area contributed by atoms with Gasteiger partial charge in [0.15, 0.2) is 5.69 Å². The van der Waals surface area contributed by atoms with Gasteiger partial charge in [0.05, 0.1) is 23.1 Å². The SMILES string of the molecule is CCc1nn(CCCn2cc(C(=O)O)nn2)c2c1C(=O)NCC1(CCOCC1)C2. The van der Waals surface area contributed by atoms with Gasteiger partial charge in [-0.05, 0) is 37.5 Å². The second kappa shape index (κ2) is 7.94. The number of carboxylic acids is 1. The lowest BCUT2D eigenvalue weighted by Gasteiger charge is -2.36. The zero-order valence-corrected chi connectivity index (χ0v) is 16.6. The molecular formula is C19H26N6O4. The van der Waals surface area contributed by atoms with E-state index in [1.165, 1.54) is 10.9 Å². The van der Waals surface area contributed by atoms with Gasteiger partial charge in [0.2, 0.25) is 0 Å². The van der Waals surface area contributed by atoms with Crippen LogP contribution in [0.25, 0.3) is 0 Å². The number of hydrogen-bond acceptors (Lipinski definition) is 6. The van der Waals surface area contributed by atoms with Crippen molar-refractivity contribution in [1.29, 1.82) is 0 Å². The van der Waals surface area contributed by atoms with E-state index in [1.54, 1.807) is 0 Å². The molecule has 0 unspecified atom stereocenters. The highest BCUT2D eigenvalue weighted by atomic mass is 16.5. The molecule has 29 heavy (non-hydrogen) atoms. The van der Waals surface area contributed by atoms with Crippen molar-refractivity contribution in [3.8, 4) is 0 Å². The number of amides is 1. The molecule has 0 bridgehead atoms. The number of aromatic carboxylic acids is 1. The zero-order chi connectivity index (χ0) is 20.4. The van der Waals surface area contributed by atoms with E-state index in [9.17, 15) is 9.59 Å². The number of aryl methyl sites for hydroxylation is 3. The Morgan fingerprint density at radius 2 is 2.14 bits per heavy atom. The molecule has 10 heteroatoms. The van der Waals surface area contributed by atoms with Crippen molar-refractivity contribution in [3.05, 3.63) is 28.8 Å². The molecule has 0 atom stereocenters. The molecule has 1 fully saturated rings. The summed E-state index contributed by atoms with van der Waals surface area (Å²) in [6, 6.07) is 0. The van der Waals surface area contributed by atoms with E-state index in [2.05, 4.69) is 15.6 Å². The van der Waals surface area contributed by atoms with Gasteiger partial charge in [-0.25, -0.2) is 4.79 Å². The minimum Gasteiger partial charge on any atom is -0.476 e. The molecular weight excluding hydrogens is 376 g/mol. The molecule has 2 aromatic heterocycles. The average molecular weight is 402 g/mol. The van der Waals surface area contributed by atoms with Crippen molar-refractivity contribution < 1.29 is 19.4 Å². The van der Waals surface area contributed by atoms with Crippen molar-refractivity contribution in [2.75, 3.05) is 19.8 Å². The van der Waals surface area contributed by atoms with Crippen LogP contribution in [0, 0.1) is 5.41 Å². The Hall–Kier alpha value is -2.75. The Bertz CT molecular complexity index is 912. The van der Waals surface area contributed by atoms with Crippen LogP contribution in [0.5, 0.6) is 0 Å². The summed E-state index contributed by atoms with van der Waals surface area (Å²) < 4.78 is 9.04. The number of carbonyl (C=O) groups is 2. The van der Waals surface area contributed by atoms with Gasteiger partial charge in [-0.1, -0.05) is 12.1 Å². The molecule has 156 valence electrons. The lowest BCUT2D eigenvalue weighted by Crippen LogP contribution is -2.40. The van der Waals surface area contributed by atoms with E-state index in [1.807, 2.05) is 11.6 Å². The summed E-state index contributed by atoms with van der Waals surface area (Å²) in [7, 11) is 0. The highest BCUT2D eigenvalue weighted by Crippen LogP contribution is 2.37. The molecule has 1 saturated heterocycles. The Labute approximate surface area is 168 Å². The van der Waals surface area contributed by atoms with Crippen LogP contribution in [-0.4, -0.2) is 61.5 Å². The van der Waals surface area contributed by atoms with E-state index in [4.69, 9.17) is 14.9 Å². The molecule has 0 aliphatic carbocycles. The molecule has 2 N–H and O–H groups in total. The van der Waals surface area contributed by atoms with Gasteiger partial charge in [-0.2, -0.15) is 5.10 Å². The Balaban J connectivity index is 1.54. The highest BCUT2D eigenvalue weighted by Gasteiger charge is 2.39. The number of carbonyl (C=O) groups excluding carboxylic acids is 1. The summed E-state index contributed by atoms with van der Waals surface area (Å²) >= 11 is 0. The average Bonchev–Trinajstić information content (AvgIpc) is 3.29. The van der Waals surface area contributed by atoms with Crippen LogP contribution in [0.2, 0.25) is 0 Å². The van der Waals surface area contributed by atoms with Crippen LogP contribution in [0.1, 0.15) is 58.4 Å². The monoisotopic (exact) mass is 402 g/mol. The number of nitrogens with one attached hydrogen (secondary N) is 1. The second-order valence-electron chi connectivity index (χ2n) is 7.84. The first-order chi connectivity index (χ1) is 14.0. The zero-order valence-electron chi connectivity index (χ0n) is 16.6. The number of ether oxygens (including phenoxy) is 1. The first-order valence-electron chi connectivity index (χ1n) is 10.1. The van der Waals surface area contributed by atoms with Gasteiger partial charge in [0, 0.05) is 32.8 Å².